The lowest BCUT2D eigenvalue weighted by Gasteiger charge is -2.36. The highest BCUT2D eigenvalue weighted by molar-refractivity contribution is 8.24. The lowest BCUT2D eigenvalue weighted by molar-refractivity contribution is -0.148. The number of amides is 2. The fraction of sp³-hybridized carbons (Fsp3) is 0.471. The Bertz CT molecular complexity index is 828. The van der Waals surface area contributed by atoms with Gasteiger partial charge in [0.25, 0.3) is 0 Å². The Labute approximate surface area is 164 Å². The first kappa shape index (κ1) is 20.2. The Balaban J connectivity index is 1.89. The third kappa shape index (κ3) is 3.86. The number of benzene rings is 1. The van der Waals surface area contributed by atoms with Crippen LogP contribution in [0.2, 0.25) is 0 Å². The van der Waals surface area contributed by atoms with Gasteiger partial charge in [0, 0.05) is 12.6 Å². The van der Waals surface area contributed by atoms with Crippen molar-refractivity contribution >= 4 is 34.3 Å². The highest BCUT2D eigenvalue weighted by Gasteiger charge is 2.48. The van der Waals surface area contributed by atoms with Crippen LogP contribution in [0.4, 0.5) is 5.69 Å². The molecule has 0 bridgehead atoms. The number of nitrogens with zero attached hydrogens (tertiary/aromatic N) is 1. The number of amidine groups is 1. The Hall–Kier alpha value is -2.50. The Morgan fingerprint density at radius 2 is 2.21 bits per heavy atom. The number of ether oxygens (including phenoxy) is 1. The number of nitrogens with one attached hydrogen (secondary N) is 3. The van der Waals surface area contributed by atoms with E-state index in [2.05, 4.69) is 19.8 Å². The quantitative estimate of drug-likeness (QED) is 0.397. The largest absolute Gasteiger partial charge is 0.491 e. The van der Waals surface area contributed by atoms with E-state index in [0.29, 0.717) is 30.6 Å². The zero-order valence-corrected chi connectivity index (χ0v) is 16.5. The summed E-state index contributed by atoms with van der Waals surface area (Å²) in [5.74, 6) is -0.580. The fourth-order valence-corrected chi connectivity index (χ4v) is 4.13. The number of rotatable bonds is 5. The van der Waals surface area contributed by atoms with Gasteiger partial charge >= 0.3 is 0 Å². The van der Waals surface area contributed by atoms with E-state index >= 15 is 0 Å². The summed E-state index contributed by atoms with van der Waals surface area (Å²) < 4.78 is 31.6. The van der Waals surface area contributed by atoms with Crippen molar-refractivity contribution in [3.63, 3.8) is 0 Å². The van der Waals surface area contributed by atoms with E-state index in [0.717, 1.165) is 0 Å². The maximum Gasteiger partial charge on any atom is 0.239 e. The fourth-order valence-electron chi connectivity index (χ4n) is 3.25. The molecule has 0 aromatic heterocycles. The zero-order chi connectivity index (χ0) is 20.5. The third-order valence-electron chi connectivity index (χ3n) is 4.58. The van der Waals surface area contributed by atoms with Crippen LogP contribution in [0.25, 0.3) is 0 Å². The van der Waals surface area contributed by atoms with E-state index in [-0.39, 0.29) is 30.1 Å². The molecule has 1 aromatic rings. The van der Waals surface area contributed by atoms with Crippen LogP contribution in [0.15, 0.2) is 22.6 Å². The second-order valence-electron chi connectivity index (χ2n) is 7.13. The van der Waals surface area contributed by atoms with Gasteiger partial charge in [0.2, 0.25) is 11.8 Å². The minimum Gasteiger partial charge on any atom is -0.491 e. The van der Waals surface area contributed by atoms with Crippen LogP contribution >= 0.6 is 11.0 Å². The molecule has 1 aromatic carbocycles. The van der Waals surface area contributed by atoms with Crippen LogP contribution in [0.1, 0.15) is 32.3 Å². The molecule has 11 heteroatoms. The summed E-state index contributed by atoms with van der Waals surface area (Å²) in [5, 5.41) is 5.54. The maximum absolute atomic E-state index is 12.8. The van der Waals surface area contributed by atoms with Crippen molar-refractivity contribution in [1.29, 1.82) is 0 Å². The van der Waals surface area contributed by atoms with E-state index in [1.54, 1.807) is 18.2 Å². The molecule has 1 atom stereocenters. The average Bonchev–Trinajstić information content (AvgIpc) is 2.59. The molecular weight excluding hydrogens is 386 g/mol. The van der Waals surface area contributed by atoms with Gasteiger partial charge in [-0.1, -0.05) is 6.07 Å². The number of hydrogen-bond donors (Lipinski definition) is 6. The molecule has 0 saturated carbocycles. The van der Waals surface area contributed by atoms with E-state index in [9.17, 15) is 18.7 Å². The molecule has 1 fully saturated rings. The molecule has 0 radical (unpaired) electrons. The first-order valence-corrected chi connectivity index (χ1v) is 10.4. The number of piperidine rings is 1. The van der Waals surface area contributed by atoms with Crippen molar-refractivity contribution in [3.05, 3.63) is 23.8 Å². The van der Waals surface area contributed by atoms with Gasteiger partial charge < -0.3 is 21.1 Å². The molecule has 1 unspecified atom stereocenters. The van der Waals surface area contributed by atoms with E-state index < -0.39 is 22.3 Å². The molecule has 2 aliphatic heterocycles. The van der Waals surface area contributed by atoms with Crippen molar-refractivity contribution < 1.29 is 23.4 Å². The normalized spacial score (nSPS) is 24.3. The Morgan fingerprint density at radius 3 is 2.89 bits per heavy atom. The SMILES string of the molecule is CC(C)NC(=O)C1(COc2cccc3c2C(N)=NS(O)(O)N3)CCCNC1=O. The summed E-state index contributed by atoms with van der Waals surface area (Å²) in [6, 6.07) is 4.74. The van der Waals surface area contributed by atoms with Crippen LogP contribution in [-0.4, -0.2) is 45.9 Å². The average molecular weight is 411 g/mol. The van der Waals surface area contributed by atoms with Gasteiger partial charge in [-0.2, -0.15) is 0 Å². The third-order valence-corrected chi connectivity index (χ3v) is 5.53. The minimum atomic E-state index is -3.42. The van der Waals surface area contributed by atoms with Gasteiger partial charge in [0.05, 0.1) is 11.3 Å². The molecular formula is C17H25N5O5S. The van der Waals surface area contributed by atoms with E-state index in [4.69, 9.17) is 10.5 Å². The van der Waals surface area contributed by atoms with Gasteiger partial charge in [-0.25, -0.2) is 0 Å². The van der Waals surface area contributed by atoms with E-state index in [1.807, 2.05) is 13.8 Å². The number of carbonyl (C=O) groups is 2. The highest BCUT2D eigenvalue weighted by Crippen LogP contribution is 2.47. The summed E-state index contributed by atoms with van der Waals surface area (Å²) >= 11 is 0. The summed E-state index contributed by atoms with van der Waals surface area (Å²) in [6.07, 6.45) is 1.01. The molecule has 154 valence electrons. The van der Waals surface area contributed by atoms with Gasteiger partial charge in [0.15, 0.2) is 11.3 Å². The minimum absolute atomic E-state index is 0.0990. The predicted octanol–water partition coefficient (Wildman–Crippen LogP) is 1.20. The Morgan fingerprint density at radius 1 is 1.46 bits per heavy atom. The second kappa shape index (κ2) is 7.49. The highest BCUT2D eigenvalue weighted by atomic mass is 32.3. The lowest BCUT2D eigenvalue weighted by atomic mass is 9.79. The van der Waals surface area contributed by atoms with Crippen molar-refractivity contribution in [3.8, 4) is 5.75 Å². The molecule has 0 aliphatic carbocycles. The molecule has 0 spiro atoms. The van der Waals surface area contributed by atoms with Crippen molar-refractivity contribution in [2.24, 2.45) is 15.5 Å². The van der Waals surface area contributed by atoms with Crippen molar-refractivity contribution in [2.45, 2.75) is 32.7 Å². The smallest absolute Gasteiger partial charge is 0.239 e. The predicted molar refractivity (Wildman–Crippen MR) is 107 cm³/mol. The number of nitrogens with two attached hydrogens (primary N) is 1. The van der Waals surface area contributed by atoms with Crippen molar-refractivity contribution in [2.75, 3.05) is 17.9 Å². The van der Waals surface area contributed by atoms with Gasteiger partial charge in [-0.05, 0) is 49.8 Å². The summed E-state index contributed by atoms with van der Waals surface area (Å²) in [4.78, 5) is 25.4. The Kier molecular flexibility index (Phi) is 5.41. The molecule has 3 rings (SSSR count). The molecule has 7 N–H and O–H groups in total. The van der Waals surface area contributed by atoms with Crippen LogP contribution in [-0.2, 0) is 9.59 Å². The number of carbonyl (C=O) groups excluding carboxylic acids is 2. The molecule has 28 heavy (non-hydrogen) atoms. The monoisotopic (exact) mass is 411 g/mol. The molecule has 10 nitrogen and oxygen atoms in total. The van der Waals surface area contributed by atoms with E-state index in [1.165, 1.54) is 0 Å². The standard InChI is InChI=1S/C17H25N5O5S/c1-10(2)20-16(24)17(7-4-8-19-15(17)23)9-27-12-6-3-5-11-13(12)14(18)22-28(25,26)21-11/h3,5-6,10,21,25-26H,4,7-9H2,1-2H3,(H2,18,22)(H,19,23)(H,20,24). The summed E-state index contributed by atoms with van der Waals surface area (Å²) in [5.41, 5.74) is 5.23. The van der Waals surface area contributed by atoms with Crippen molar-refractivity contribution in [1.82, 2.24) is 10.6 Å². The van der Waals surface area contributed by atoms with Gasteiger partial charge in [0.1, 0.15) is 12.4 Å². The van der Waals surface area contributed by atoms with Crippen LogP contribution in [0, 0.1) is 5.41 Å². The van der Waals surface area contributed by atoms with Crippen LogP contribution in [0.3, 0.4) is 0 Å². The summed E-state index contributed by atoms with van der Waals surface area (Å²) in [7, 11) is -3.42. The number of anilines is 1. The van der Waals surface area contributed by atoms with Gasteiger partial charge in [-0.3, -0.25) is 23.4 Å². The molecule has 2 heterocycles. The van der Waals surface area contributed by atoms with Crippen LogP contribution < -0.4 is 25.8 Å². The maximum atomic E-state index is 12.8. The zero-order valence-electron chi connectivity index (χ0n) is 15.7. The second-order valence-corrected chi connectivity index (χ2v) is 8.56. The van der Waals surface area contributed by atoms with Gasteiger partial charge in [-0.15, -0.1) is 4.40 Å². The lowest BCUT2D eigenvalue weighted by Crippen LogP contribution is -2.58. The first-order chi connectivity index (χ1) is 13.1. The number of fused-ring (bicyclic) bond motifs is 1. The molecule has 2 amide bonds. The topological polar surface area (TPSA) is 158 Å². The molecule has 1 saturated heterocycles. The molecule has 2 aliphatic rings. The first-order valence-electron chi connectivity index (χ1n) is 8.91. The number of hydrogen-bond acceptors (Lipinski definition) is 8. The van der Waals surface area contributed by atoms with Crippen LogP contribution in [0.5, 0.6) is 5.75 Å². The summed E-state index contributed by atoms with van der Waals surface area (Å²) in [6.45, 7) is 3.97.